The fraction of sp³-hybridized carbons (Fsp3) is 0.333. The molecular formula is C18H24N2. The molecule has 20 heavy (non-hydrogen) atoms. The molecule has 0 saturated heterocycles. The highest BCUT2D eigenvalue weighted by atomic mass is 15.1. The summed E-state index contributed by atoms with van der Waals surface area (Å²) in [7, 11) is 2.09. The third-order valence-electron chi connectivity index (χ3n) is 3.88. The van der Waals surface area contributed by atoms with E-state index in [9.17, 15) is 0 Å². The molecule has 1 atom stereocenters. The number of hydrogen-bond donors (Lipinski definition) is 1. The Balaban J connectivity index is 2.17. The topological polar surface area (TPSA) is 29.3 Å². The van der Waals surface area contributed by atoms with Crippen molar-refractivity contribution in [1.29, 1.82) is 0 Å². The van der Waals surface area contributed by atoms with Gasteiger partial charge in [-0.1, -0.05) is 38.1 Å². The fourth-order valence-corrected chi connectivity index (χ4v) is 2.29. The smallest absolute Gasteiger partial charge is 0.0408 e. The third kappa shape index (κ3) is 3.20. The van der Waals surface area contributed by atoms with E-state index < -0.39 is 0 Å². The molecule has 0 radical (unpaired) electrons. The molecule has 0 heterocycles. The molecule has 0 aromatic heterocycles. The van der Waals surface area contributed by atoms with Crippen LogP contribution >= 0.6 is 0 Å². The summed E-state index contributed by atoms with van der Waals surface area (Å²) in [5, 5.41) is 0. The van der Waals surface area contributed by atoms with Gasteiger partial charge in [0, 0.05) is 24.5 Å². The van der Waals surface area contributed by atoms with Crippen molar-refractivity contribution in [2.75, 3.05) is 11.9 Å². The lowest BCUT2D eigenvalue weighted by atomic mass is 10.0. The highest BCUT2D eigenvalue weighted by Crippen LogP contribution is 2.25. The van der Waals surface area contributed by atoms with Crippen molar-refractivity contribution < 1.29 is 0 Å². The lowest BCUT2D eigenvalue weighted by Crippen LogP contribution is -2.11. The van der Waals surface area contributed by atoms with Gasteiger partial charge in [0.05, 0.1) is 0 Å². The van der Waals surface area contributed by atoms with Gasteiger partial charge in [0.15, 0.2) is 0 Å². The molecule has 0 aliphatic carbocycles. The summed E-state index contributed by atoms with van der Waals surface area (Å²) in [6.45, 7) is 4.29. The summed E-state index contributed by atoms with van der Waals surface area (Å²) in [4.78, 5) is 2.20. The number of anilines is 2. The molecule has 1 unspecified atom stereocenters. The van der Waals surface area contributed by atoms with Gasteiger partial charge in [-0.3, -0.25) is 0 Å². The average Bonchev–Trinajstić information content (AvgIpc) is 2.53. The number of nitrogens with two attached hydrogens (primary N) is 1. The van der Waals surface area contributed by atoms with E-state index in [0.717, 1.165) is 12.8 Å². The van der Waals surface area contributed by atoms with E-state index >= 15 is 0 Å². The van der Waals surface area contributed by atoms with Gasteiger partial charge < -0.3 is 10.6 Å². The molecule has 0 fully saturated rings. The third-order valence-corrected chi connectivity index (χ3v) is 3.88. The first-order valence-corrected chi connectivity index (χ1v) is 7.34. The van der Waals surface area contributed by atoms with Gasteiger partial charge in [0.25, 0.3) is 0 Å². The first-order valence-electron chi connectivity index (χ1n) is 7.34. The van der Waals surface area contributed by atoms with Gasteiger partial charge in [0.1, 0.15) is 0 Å². The van der Waals surface area contributed by atoms with Crippen molar-refractivity contribution in [3.63, 3.8) is 0 Å². The zero-order chi connectivity index (χ0) is 14.5. The van der Waals surface area contributed by atoms with Crippen molar-refractivity contribution in [1.82, 2.24) is 0 Å². The van der Waals surface area contributed by atoms with E-state index in [0.29, 0.717) is 0 Å². The minimum atomic E-state index is 0.137. The standard InChI is InChI=1S/C18H24N2/c1-4-14-6-10-16(11-7-14)20(3)17-12-8-15(9-13-17)18(19)5-2/h6-13,18H,4-5,19H2,1-3H3. The van der Waals surface area contributed by atoms with Crippen molar-refractivity contribution in [3.05, 3.63) is 59.7 Å². The molecule has 2 rings (SSSR count). The number of benzene rings is 2. The van der Waals surface area contributed by atoms with Crippen LogP contribution < -0.4 is 10.6 Å². The molecular weight excluding hydrogens is 244 g/mol. The SMILES string of the molecule is CCc1ccc(N(C)c2ccc(C(N)CC)cc2)cc1. The largest absolute Gasteiger partial charge is 0.345 e. The molecule has 0 saturated carbocycles. The van der Waals surface area contributed by atoms with Crippen LogP contribution in [0.4, 0.5) is 11.4 Å². The van der Waals surface area contributed by atoms with Gasteiger partial charge in [-0.05, 0) is 48.2 Å². The van der Waals surface area contributed by atoms with Crippen LogP contribution in [-0.2, 0) is 6.42 Å². The summed E-state index contributed by atoms with van der Waals surface area (Å²) in [5.41, 5.74) is 11.0. The van der Waals surface area contributed by atoms with Crippen LogP contribution in [0.5, 0.6) is 0 Å². The Morgan fingerprint density at radius 3 is 1.85 bits per heavy atom. The van der Waals surface area contributed by atoms with Crippen molar-refractivity contribution in [2.24, 2.45) is 5.73 Å². The van der Waals surface area contributed by atoms with E-state index in [2.05, 4.69) is 74.3 Å². The summed E-state index contributed by atoms with van der Waals surface area (Å²) < 4.78 is 0. The summed E-state index contributed by atoms with van der Waals surface area (Å²) in [6, 6.07) is 17.4. The number of hydrogen-bond acceptors (Lipinski definition) is 2. The Morgan fingerprint density at radius 2 is 1.40 bits per heavy atom. The van der Waals surface area contributed by atoms with E-state index in [1.165, 1.54) is 22.5 Å². The molecule has 0 amide bonds. The van der Waals surface area contributed by atoms with E-state index in [1.54, 1.807) is 0 Å². The Kier molecular flexibility index (Phi) is 4.80. The highest BCUT2D eigenvalue weighted by molar-refractivity contribution is 5.62. The second kappa shape index (κ2) is 6.58. The molecule has 2 heteroatoms. The quantitative estimate of drug-likeness (QED) is 0.869. The molecule has 0 spiro atoms. The fourth-order valence-electron chi connectivity index (χ4n) is 2.29. The second-order valence-corrected chi connectivity index (χ2v) is 5.19. The lowest BCUT2D eigenvalue weighted by Gasteiger charge is -2.20. The number of aryl methyl sites for hydroxylation is 1. The van der Waals surface area contributed by atoms with Crippen molar-refractivity contribution in [3.8, 4) is 0 Å². The van der Waals surface area contributed by atoms with Gasteiger partial charge in [-0.15, -0.1) is 0 Å². The average molecular weight is 268 g/mol. The Hall–Kier alpha value is -1.80. The van der Waals surface area contributed by atoms with Crippen LogP contribution in [0.1, 0.15) is 37.4 Å². The zero-order valence-electron chi connectivity index (χ0n) is 12.6. The minimum Gasteiger partial charge on any atom is -0.345 e. The Labute approximate surface area is 122 Å². The second-order valence-electron chi connectivity index (χ2n) is 5.19. The molecule has 2 aromatic rings. The maximum Gasteiger partial charge on any atom is 0.0408 e. The van der Waals surface area contributed by atoms with Crippen molar-refractivity contribution >= 4 is 11.4 Å². The summed E-state index contributed by atoms with van der Waals surface area (Å²) in [6.07, 6.45) is 2.04. The van der Waals surface area contributed by atoms with Gasteiger partial charge in [0.2, 0.25) is 0 Å². The van der Waals surface area contributed by atoms with Crippen LogP contribution in [0.15, 0.2) is 48.5 Å². The maximum absolute atomic E-state index is 6.05. The zero-order valence-corrected chi connectivity index (χ0v) is 12.6. The Bertz CT molecular complexity index is 528. The lowest BCUT2D eigenvalue weighted by molar-refractivity contribution is 0.699. The molecule has 106 valence electrons. The molecule has 2 aromatic carbocycles. The first kappa shape index (κ1) is 14.6. The molecule has 0 aliphatic heterocycles. The molecule has 2 nitrogen and oxygen atoms in total. The van der Waals surface area contributed by atoms with Crippen LogP contribution in [0.3, 0.4) is 0 Å². The molecule has 2 N–H and O–H groups in total. The number of rotatable bonds is 5. The van der Waals surface area contributed by atoms with Crippen LogP contribution in [0.2, 0.25) is 0 Å². The minimum absolute atomic E-state index is 0.137. The van der Waals surface area contributed by atoms with E-state index in [-0.39, 0.29) is 6.04 Å². The summed E-state index contributed by atoms with van der Waals surface area (Å²) in [5.74, 6) is 0. The predicted molar refractivity (Wildman–Crippen MR) is 87.5 cm³/mol. The van der Waals surface area contributed by atoms with Crippen LogP contribution in [0.25, 0.3) is 0 Å². The first-order chi connectivity index (χ1) is 9.65. The van der Waals surface area contributed by atoms with E-state index in [4.69, 9.17) is 5.73 Å². The predicted octanol–water partition coefficient (Wildman–Crippen LogP) is 4.43. The molecule has 0 bridgehead atoms. The maximum atomic E-state index is 6.05. The van der Waals surface area contributed by atoms with E-state index in [1.807, 2.05) is 0 Å². The monoisotopic (exact) mass is 268 g/mol. The van der Waals surface area contributed by atoms with Crippen molar-refractivity contribution in [2.45, 2.75) is 32.7 Å². The Morgan fingerprint density at radius 1 is 0.900 bits per heavy atom. The van der Waals surface area contributed by atoms with Gasteiger partial charge in [-0.25, -0.2) is 0 Å². The van der Waals surface area contributed by atoms with Crippen LogP contribution in [-0.4, -0.2) is 7.05 Å². The highest BCUT2D eigenvalue weighted by Gasteiger charge is 2.06. The number of nitrogens with zero attached hydrogens (tertiary/aromatic N) is 1. The van der Waals surface area contributed by atoms with Crippen LogP contribution in [0, 0.1) is 0 Å². The molecule has 0 aliphatic rings. The normalized spacial score (nSPS) is 12.2. The van der Waals surface area contributed by atoms with Gasteiger partial charge in [-0.2, -0.15) is 0 Å². The summed E-state index contributed by atoms with van der Waals surface area (Å²) >= 11 is 0. The van der Waals surface area contributed by atoms with Gasteiger partial charge >= 0.3 is 0 Å².